The maximum absolute atomic E-state index is 12.4. The first-order valence-electron chi connectivity index (χ1n) is 9.25. The normalized spacial score (nSPS) is 16.0. The maximum atomic E-state index is 12.4. The first kappa shape index (κ1) is 18.4. The van der Waals surface area contributed by atoms with Crippen LogP contribution in [0.15, 0.2) is 46.9 Å². The van der Waals surface area contributed by atoms with E-state index in [1.165, 1.54) is 4.70 Å². The van der Waals surface area contributed by atoms with Crippen molar-refractivity contribution < 1.29 is 9.53 Å². The van der Waals surface area contributed by atoms with Crippen LogP contribution in [0.1, 0.15) is 42.3 Å². The lowest BCUT2D eigenvalue weighted by atomic mass is 10.0. The first-order valence-corrected chi connectivity index (χ1v) is 10.9. The van der Waals surface area contributed by atoms with E-state index in [1.807, 2.05) is 36.4 Å². The van der Waals surface area contributed by atoms with E-state index >= 15 is 0 Å². The lowest BCUT2D eigenvalue weighted by molar-refractivity contribution is -0.122. The summed E-state index contributed by atoms with van der Waals surface area (Å²) in [5.41, 5.74) is 2.12. The van der Waals surface area contributed by atoms with E-state index in [0.29, 0.717) is 13.0 Å². The van der Waals surface area contributed by atoms with Gasteiger partial charge in [0.05, 0.1) is 27.9 Å². The number of aryl methyl sites for hydroxylation is 1. The van der Waals surface area contributed by atoms with Crippen LogP contribution in [0.5, 0.6) is 5.75 Å². The molecule has 1 aliphatic heterocycles. The van der Waals surface area contributed by atoms with Gasteiger partial charge in [0.15, 0.2) is 0 Å². The van der Waals surface area contributed by atoms with Crippen molar-refractivity contribution in [3.05, 3.63) is 57.5 Å². The number of para-hydroxylation sites is 1. The number of nitrogens with one attached hydrogen (secondary N) is 1. The number of aromatic nitrogens is 1. The fraction of sp³-hybridized carbons (Fsp3) is 0.333. The molecule has 0 aliphatic carbocycles. The minimum Gasteiger partial charge on any atom is -0.493 e. The van der Waals surface area contributed by atoms with Crippen LogP contribution >= 0.6 is 27.3 Å². The Morgan fingerprint density at radius 3 is 3.04 bits per heavy atom. The van der Waals surface area contributed by atoms with E-state index in [4.69, 9.17) is 4.74 Å². The molecule has 4 rings (SSSR count). The molecule has 3 aromatic rings. The SMILES string of the molecule is O=C(CCCCc1nc2ccccc2s1)NC1CCOc2ccc(Br)cc21. The van der Waals surface area contributed by atoms with Crippen LogP contribution < -0.4 is 10.1 Å². The topological polar surface area (TPSA) is 51.2 Å². The molecule has 0 spiro atoms. The van der Waals surface area contributed by atoms with Crippen molar-refractivity contribution in [2.75, 3.05) is 6.61 Å². The van der Waals surface area contributed by atoms with Crippen LogP contribution in [0.4, 0.5) is 0 Å². The van der Waals surface area contributed by atoms with Gasteiger partial charge in [0.2, 0.25) is 5.91 Å². The minimum atomic E-state index is 0.0306. The quantitative estimate of drug-likeness (QED) is 0.516. The summed E-state index contributed by atoms with van der Waals surface area (Å²) in [6.07, 6.45) is 4.13. The number of carbonyl (C=O) groups is 1. The number of rotatable bonds is 6. The highest BCUT2D eigenvalue weighted by molar-refractivity contribution is 9.10. The molecule has 1 aromatic heterocycles. The van der Waals surface area contributed by atoms with E-state index in [1.54, 1.807) is 11.3 Å². The number of hydrogen-bond donors (Lipinski definition) is 1. The summed E-state index contributed by atoms with van der Waals surface area (Å²) in [4.78, 5) is 17.0. The van der Waals surface area contributed by atoms with Crippen LogP contribution in [-0.4, -0.2) is 17.5 Å². The Morgan fingerprint density at radius 1 is 1.26 bits per heavy atom. The Kier molecular flexibility index (Phi) is 5.74. The van der Waals surface area contributed by atoms with E-state index in [-0.39, 0.29) is 11.9 Å². The van der Waals surface area contributed by atoms with Crippen LogP contribution in [0.3, 0.4) is 0 Å². The molecule has 27 heavy (non-hydrogen) atoms. The van der Waals surface area contributed by atoms with Crippen LogP contribution in [-0.2, 0) is 11.2 Å². The van der Waals surface area contributed by atoms with Crippen molar-refractivity contribution in [1.82, 2.24) is 10.3 Å². The van der Waals surface area contributed by atoms with E-state index in [0.717, 1.165) is 52.0 Å². The van der Waals surface area contributed by atoms with Gasteiger partial charge in [-0.05, 0) is 49.6 Å². The smallest absolute Gasteiger partial charge is 0.220 e. The highest BCUT2D eigenvalue weighted by Crippen LogP contribution is 2.34. The summed E-state index contributed by atoms with van der Waals surface area (Å²) in [6, 6.07) is 14.2. The largest absolute Gasteiger partial charge is 0.493 e. The molecule has 4 nitrogen and oxygen atoms in total. The third-order valence-corrected chi connectivity index (χ3v) is 6.32. The molecule has 6 heteroatoms. The number of fused-ring (bicyclic) bond motifs is 2. The van der Waals surface area contributed by atoms with Gasteiger partial charge in [0.1, 0.15) is 5.75 Å². The van der Waals surface area contributed by atoms with Crippen molar-refractivity contribution in [2.45, 2.75) is 38.1 Å². The fourth-order valence-corrected chi connectivity index (χ4v) is 4.76. The van der Waals surface area contributed by atoms with Gasteiger partial charge < -0.3 is 10.1 Å². The molecule has 0 saturated carbocycles. The van der Waals surface area contributed by atoms with Crippen LogP contribution in [0.25, 0.3) is 10.2 Å². The predicted octanol–water partition coefficient (Wildman–Crippen LogP) is 5.41. The van der Waals surface area contributed by atoms with Gasteiger partial charge in [-0.25, -0.2) is 4.98 Å². The number of ether oxygens (including phenoxy) is 1. The van der Waals surface area contributed by atoms with Crippen molar-refractivity contribution >= 4 is 43.4 Å². The highest BCUT2D eigenvalue weighted by atomic mass is 79.9. The number of nitrogens with zero attached hydrogens (tertiary/aromatic N) is 1. The standard InChI is InChI=1S/C21H21BrN2O2S/c22-14-9-10-18-15(13-14)16(11-12-26-18)23-20(25)7-3-4-8-21-24-17-5-1-2-6-19(17)27-21/h1-2,5-6,9-10,13,16H,3-4,7-8,11-12H2,(H,23,25). The van der Waals surface area contributed by atoms with E-state index < -0.39 is 0 Å². The number of halogens is 1. The Hall–Kier alpha value is -1.92. The molecule has 0 radical (unpaired) electrons. The molecule has 0 saturated heterocycles. The fourth-order valence-electron chi connectivity index (χ4n) is 3.37. The zero-order chi connectivity index (χ0) is 18.6. The van der Waals surface area contributed by atoms with Crippen LogP contribution in [0.2, 0.25) is 0 Å². The molecule has 140 valence electrons. The van der Waals surface area contributed by atoms with Gasteiger partial charge >= 0.3 is 0 Å². The monoisotopic (exact) mass is 444 g/mol. The summed E-state index contributed by atoms with van der Waals surface area (Å²) in [6.45, 7) is 0.636. The number of amides is 1. The second-order valence-corrected chi connectivity index (χ2v) is 8.75. The zero-order valence-corrected chi connectivity index (χ0v) is 17.3. The average Bonchev–Trinajstić information content (AvgIpc) is 3.08. The van der Waals surface area contributed by atoms with Gasteiger partial charge in [-0.1, -0.05) is 28.1 Å². The third kappa shape index (κ3) is 4.50. The Balaban J connectivity index is 1.26. The summed E-state index contributed by atoms with van der Waals surface area (Å²) < 4.78 is 7.92. The number of benzene rings is 2. The Morgan fingerprint density at radius 2 is 2.15 bits per heavy atom. The van der Waals surface area contributed by atoms with Crippen molar-refractivity contribution in [1.29, 1.82) is 0 Å². The first-order chi connectivity index (χ1) is 13.2. The Bertz CT molecular complexity index is 923. The van der Waals surface area contributed by atoms with Gasteiger partial charge in [-0.3, -0.25) is 4.79 Å². The number of unbranched alkanes of at least 4 members (excludes halogenated alkanes) is 1. The zero-order valence-electron chi connectivity index (χ0n) is 14.9. The summed E-state index contributed by atoms with van der Waals surface area (Å²) in [7, 11) is 0. The van der Waals surface area contributed by atoms with E-state index in [9.17, 15) is 4.79 Å². The maximum Gasteiger partial charge on any atom is 0.220 e. The summed E-state index contributed by atoms with van der Waals surface area (Å²) in [5, 5.41) is 4.32. The second-order valence-electron chi connectivity index (χ2n) is 6.72. The lowest BCUT2D eigenvalue weighted by Crippen LogP contribution is -2.32. The van der Waals surface area contributed by atoms with Crippen molar-refractivity contribution in [3.63, 3.8) is 0 Å². The summed E-state index contributed by atoms with van der Waals surface area (Å²) >= 11 is 5.25. The molecular weight excluding hydrogens is 424 g/mol. The molecule has 1 N–H and O–H groups in total. The van der Waals surface area contributed by atoms with Gasteiger partial charge in [0.25, 0.3) is 0 Å². The lowest BCUT2D eigenvalue weighted by Gasteiger charge is -2.27. The predicted molar refractivity (Wildman–Crippen MR) is 112 cm³/mol. The van der Waals surface area contributed by atoms with E-state index in [2.05, 4.69) is 32.3 Å². The molecule has 0 fully saturated rings. The van der Waals surface area contributed by atoms with Gasteiger partial charge in [-0.15, -0.1) is 11.3 Å². The number of hydrogen-bond acceptors (Lipinski definition) is 4. The molecule has 1 aliphatic rings. The van der Waals surface area contributed by atoms with Crippen molar-refractivity contribution in [3.8, 4) is 5.75 Å². The van der Waals surface area contributed by atoms with Gasteiger partial charge in [0, 0.05) is 22.9 Å². The summed E-state index contributed by atoms with van der Waals surface area (Å²) in [5.74, 6) is 0.975. The minimum absolute atomic E-state index is 0.0306. The third-order valence-electron chi connectivity index (χ3n) is 4.73. The molecule has 2 aromatic carbocycles. The highest BCUT2D eigenvalue weighted by Gasteiger charge is 2.23. The number of carbonyl (C=O) groups excluding carboxylic acids is 1. The molecule has 1 atom stereocenters. The van der Waals surface area contributed by atoms with Gasteiger partial charge in [-0.2, -0.15) is 0 Å². The molecule has 2 heterocycles. The molecule has 1 unspecified atom stereocenters. The van der Waals surface area contributed by atoms with Crippen molar-refractivity contribution in [2.24, 2.45) is 0 Å². The molecular formula is C21H21BrN2O2S. The average molecular weight is 445 g/mol. The number of thiazole rings is 1. The molecule has 0 bridgehead atoms. The Labute approximate surface area is 171 Å². The van der Waals surface area contributed by atoms with Crippen LogP contribution in [0, 0.1) is 0 Å². The second kappa shape index (κ2) is 8.40. The molecule has 1 amide bonds.